The van der Waals surface area contributed by atoms with Crippen LogP contribution in [-0.2, 0) is 10.0 Å². The van der Waals surface area contributed by atoms with Crippen LogP contribution in [0.1, 0.15) is 12.0 Å². The summed E-state index contributed by atoms with van der Waals surface area (Å²) in [4.78, 5) is 2.08. The van der Waals surface area contributed by atoms with Gasteiger partial charge in [-0.15, -0.1) is 10.2 Å². The Morgan fingerprint density at radius 2 is 2.00 bits per heavy atom. The van der Waals surface area contributed by atoms with Gasteiger partial charge >= 0.3 is 0 Å². The first kappa shape index (κ1) is 18.9. The molecule has 1 fully saturated rings. The predicted molar refractivity (Wildman–Crippen MR) is 100 cm³/mol. The van der Waals surface area contributed by atoms with Crippen LogP contribution in [0.3, 0.4) is 0 Å². The van der Waals surface area contributed by atoms with E-state index in [0.29, 0.717) is 29.4 Å². The number of ether oxygens (including phenoxy) is 1. The summed E-state index contributed by atoms with van der Waals surface area (Å²) in [7, 11) is 0.145. The summed E-state index contributed by atoms with van der Waals surface area (Å²) in [6.45, 7) is 2.37. The van der Waals surface area contributed by atoms with Gasteiger partial charge in [-0.05, 0) is 37.1 Å². The molecule has 1 aliphatic rings. The SMILES string of the molecule is Cc1c(Cl)cccc1S(=O)(=O)N1CCC(Oc2ccc(N(C)C)nn2)C1. The van der Waals surface area contributed by atoms with E-state index in [1.165, 1.54) is 4.31 Å². The molecule has 0 saturated carbocycles. The van der Waals surface area contributed by atoms with E-state index >= 15 is 0 Å². The van der Waals surface area contributed by atoms with Crippen LogP contribution >= 0.6 is 11.6 Å². The zero-order chi connectivity index (χ0) is 18.9. The van der Waals surface area contributed by atoms with Gasteiger partial charge in [-0.1, -0.05) is 17.7 Å². The minimum absolute atomic E-state index is 0.237. The molecule has 0 bridgehead atoms. The van der Waals surface area contributed by atoms with E-state index in [4.69, 9.17) is 16.3 Å². The Morgan fingerprint density at radius 1 is 1.23 bits per heavy atom. The molecular formula is C17H21ClN4O3S. The van der Waals surface area contributed by atoms with Gasteiger partial charge < -0.3 is 9.64 Å². The highest BCUT2D eigenvalue weighted by Gasteiger charge is 2.34. The second-order valence-corrected chi connectivity index (χ2v) is 8.69. The second kappa shape index (κ2) is 7.38. The number of nitrogens with zero attached hydrogens (tertiary/aromatic N) is 4. The van der Waals surface area contributed by atoms with Gasteiger partial charge in [-0.2, -0.15) is 4.31 Å². The first-order chi connectivity index (χ1) is 12.3. The molecule has 140 valence electrons. The zero-order valence-corrected chi connectivity index (χ0v) is 16.5. The maximum Gasteiger partial charge on any atom is 0.243 e. The number of anilines is 1. The van der Waals surface area contributed by atoms with Gasteiger partial charge in [0.2, 0.25) is 15.9 Å². The van der Waals surface area contributed by atoms with Crippen LogP contribution in [0.25, 0.3) is 0 Å². The molecule has 2 heterocycles. The number of halogens is 1. The topological polar surface area (TPSA) is 75.6 Å². The van der Waals surface area contributed by atoms with Crippen LogP contribution in [-0.4, -0.2) is 56.2 Å². The lowest BCUT2D eigenvalue weighted by Crippen LogP contribution is -2.31. The van der Waals surface area contributed by atoms with Gasteiger partial charge in [-0.3, -0.25) is 0 Å². The molecule has 1 aromatic heterocycles. The molecule has 1 unspecified atom stereocenters. The number of aromatic nitrogens is 2. The van der Waals surface area contributed by atoms with E-state index in [-0.39, 0.29) is 17.5 Å². The van der Waals surface area contributed by atoms with E-state index in [9.17, 15) is 8.42 Å². The standard InChI is InChI=1S/C17H21ClN4O3S/c1-12-14(18)5-4-6-15(12)26(23,24)22-10-9-13(11-22)25-17-8-7-16(19-20-17)21(2)3/h4-8,13H,9-11H2,1-3H3. The third-order valence-corrected chi connectivity index (χ3v) is 6.73. The van der Waals surface area contributed by atoms with Gasteiger partial charge in [-0.25, -0.2) is 8.42 Å². The largest absolute Gasteiger partial charge is 0.472 e. The Bertz CT molecular complexity index is 887. The van der Waals surface area contributed by atoms with Crippen LogP contribution in [0.2, 0.25) is 5.02 Å². The summed E-state index contributed by atoms with van der Waals surface area (Å²) >= 11 is 6.07. The maximum atomic E-state index is 12.9. The van der Waals surface area contributed by atoms with Crippen LogP contribution in [0.5, 0.6) is 5.88 Å². The normalized spacial score (nSPS) is 18.1. The average molecular weight is 397 g/mol. The number of hydrogen-bond acceptors (Lipinski definition) is 6. The maximum absolute atomic E-state index is 12.9. The summed E-state index contributed by atoms with van der Waals surface area (Å²) in [5.41, 5.74) is 0.559. The zero-order valence-electron chi connectivity index (χ0n) is 14.9. The van der Waals surface area contributed by atoms with Gasteiger partial charge in [0.15, 0.2) is 5.82 Å². The highest BCUT2D eigenvalue weighted by Crippen LogP contribution is 2.28. The van der Waals surface area contributed by atoms with Gasteiger partial charge in [0.25, 0.3) is 0 Å². The average Bonchev–Trinajstić information content (AvgIpc) is 3.07. The van der Waals surface area contributed by atoms with Gasteiger partial charge in [0.1, 0.15) is 6.10 Å². The molecule has 9 heteroatoms. The molecule has 0 aliphatic carbocycles. The summed E-state index contributed by atoms with van der Waals surface area (Å²) in [6, 6.07) is 8.45. The third kappa shape index (κ3) is 3.77. The Labute approximate surface area is 158 Å². The number of benzene rings is 1. The van der Waals surface area contributed by atoms with E-state index in [2.05, 4.69) is 10.2 Å². The molecule has 0 N–H and O–H groups in total. The number of sulfonamides is 1. The first-order valence-corrected chi connectivity index (χ1v) is 10.0. The number of rotatable bonds is 5. The van der Waals surface area contributed by atoms with Crippen LogP contribution in [0, 0.1) is 6.92 Å². The monoisotopic (exact) mass is 396 g/mol. The van der Waals surface area contributed by atoms with Crippen molar-refractivity contribution in [2.75, 3.05) is 32.1 Å². The smallest absolute Gasteiger partial charge is 0.243 e. The summed E-state index contributed by atoms with van der Waals surface area (Å²) in [5, 5.41) is 8.54. The van der Waals surface area contributed by atoms with Crippen molar-refractivity contribution in [2.45, 2.75) is 24.3 Å². The van der Waals surface area contributed by atoms with Crippen LogP contribution in [0.15, 0.2) is 35.2 Å². The molecular weight excluding hydrogens is 376 g/mol. The van der Waals surface area contributed by atoms with Crippen molar-refractivity contribution in [3.8, 4) is 5.88 Å². The quantitative estimate of drug-likeness (QED) is 0.772. The summed E-state index contributed by atoms with van der Waals surface area (Å²) < 4.78 is 33.0. The van der Waals surface area contributed by atoms with E-state index < -0.39 is 10.0 Å². The van der Waals surface area contributed by atoms with Crippen molar-refractivity contribution in [1.82, 2.24) is 14.5 Å². The fourth-order valence-corrected chi connectivity index (χ4v) is 4.77. The van der Waals surface area contributed by atoms with E-state index in [1.807, 2.05) is 19.0 Å². The molecule has 2 aromatic rings. The predicted octanol–water partition coefficient (Wildman–Crippen LogP) is 2.35. The van der Waals surface area contributed by atoms with Crippen LogP contribution < -0.4 is 9.64 Å². The van der Waals surface area contributed by atoms with Crippen molar-refractivity contribution in [2.24, 2.45) is 0 Å². The fraction of sp³-hybridized carbons (Fsp3) is 0.412. The Morgan fingerprint density at radius 3 is 2.65 bits per heavy atom. The molecule has 7 nitrogen and oxygen atoms in total. The fourth-order valence-electron chi connectivity index (χ4n) is 2.80. The van der Waals surface area contributed by atoms with Gasteiger partial charge in [0, 0.05) is 31.7 Å². The second-order valence-electron chi connectivity index (χ2n) is 6.38. The van der Waals surface area contributed by atoms with Crippen molar-refractivity contribution >= 4 is 27.4 Å². The Hall–Kier alpha value is -1.90. The highest BCUT2D eigenvalue weighted by molar-refractivity contribution is 7.89. The van der Waals surface area contributed by atoms with Gasteiger partial charge in [0.05, 0.1) is 11.4 Å². The molecule has 0 spiro atoms. The lowest BCUT2D eigenvalue weighted by atomic mass is 10.2. The molecule has 1 aromatic carbocycles. The van der Waals surface area contributed by atoms with Crippen molar-refractivity contribution in [3.05, 3.63) is 40.9 Å². The lowest BCUT2D eigenvalue weighted by Gasteiger charge is -2.18. The Kier molecular flexibility index (Phi) is 5.36. The molecule has 3 rings (SSSR count). The summed E-state index contributed by atoms with van der Waals surface area (Å²) in [6.07, 6.45) is 0.333. The Balaban J connectivity index is 1.71. The first-order valence-electron chi connectivity index (χ1n) is 8.22. The number of hydrogen-bond donors (Lipinski definition) is 0. The molecule has 0 amide bonds. The molecule has 1 atom stereocenters. The highest BCUT2D eigenvalue weighted by atomic mass is 35.5. The third-order valence-electron chi connectivity index (χ3n) is 4.32. The molecule has 26 heavy (non-hydrogen) atoms. The molecule has 0 radical (unpaired) electrons. The van der Waals surface area contributed by atoms with E-state index in [0.717, 1.165) is 5.82 Å². The molecule has 1 aliphatic heterocycles. The lowest BCUT2D eigenvalue weighted by molar-refractivity contribution is 0.204. The van der Waals surface area contributed by atoms with E-state index in [1.54, 1.807) is 37.3 Å². The van der Waals surface area contributed by atoms with Crippen molar-refractivity contribution in [1.29, 1.82) is 0 Å². The van der Waals surface area contributed by atoms with Crippen LogP contribution in [0.4, 0.5) is 5.82 Å². The minimum atomic E-state index is -3.61. The minimum Gasteiger partial charge on any atom is -0.472 e. The van der Waals surface area contributed by atoms with Crippen molar-refractivity contribution in [3.63, 3.8) is 0 Å². The summed E-state index contributed by atoms with van der Waals surface area (Å²) in [5.74, 6) is 1.11. The molecule has 1 saturated heterocycles. The van der Waals surface area contributed by atoms with Crippen molar-refractivity contribution < 1.29 is 13.2 Å².